The van der Waals surface area contributed by atoms with Gasteiger partial charge >= 0.3 is 0 Å². The van der Waals surface area contributed by atoms with E-state index in [1.807, 2.05) is 57.2 Å². The molecule has 2 rings (SSSR count). The summed E-state index contributed by atoms with van der Waals surface area (Å²) in [5.74, 6) is 1.56. The molecule has 4 heteroatoms. The van der Waals surface area contributed by atoms with E-state index < -0.39 is 0 Å². The predicted molar refractivity (Wildman–Crippen MR) is 96.2 cm³/mol. The van der Waals surface area contributed by atoms with Crippen LogP contribution in [0.25, 0.3) is 0 Å². The Labute approximate surface area is 142 Å². The Hall–Kier alpha value is -1.94. The minimum atomic E-state index is -0.0472. The van der Waals surface area contributed by atoms with Crippen LogP contribution >= 0.6 is 11.8 Å². The average Bonchev–Trinajstić information content (AvgIpc) is 2.54. The van der Waals surface area contributed by atoms with Gasteiger partial charge in [0.15, 0.2) is 0 Å². The first-order valence-corrected chi connectivity index (χ1v) is 8.83. The van der Waals surface area contributed by atoms with E-state index in [1.54, 1.807) is 11.8 Å². The van der Waals surface area contributed by atoms with Crippen LogP contribution in [-0.4, -0.2) is 18.6 Å². The second-order valence-electron chi connectivity index (χ2n) is 5.49. The molecule has 0 bridgehead atoms. The van der Waals surface area contributed by atoms with Gasteiger partial charge in [0.05, 0.1) is 6.61 Å². The fourth-order valence-corrected chi connectivity index (χ4v) is 3.05. The Morgan fingerprint density at radius 3 is 2.57 bits per heavy atom. The summed E-state index contributed by atoms with van der Waals surface area (Å²) in [6.45, 7) is 6.49. The van der Waals surface area contributed by atoms with E-state index in [9.17, 15) is 4.79 Å². The van der Waals surface area contributed by atoms with Crippen molar-refractivity contribution in [1.29, 1.82) is 0 Å². The summed E-state index contributed by atoms with van der Waals surface area (Å²) in [6, 6.07) is 16.0. The highest BCUT2D eigenvalue weighted by molar-refractivity contribution is 7.98. The van der Waals surface area contributed by atoms with E-state index in [1.165, 1.54) is 4.90 Å². The summed E-state index contributed by atoms with van der Waals surface area (Å²) in [7, 11) is 0. The summed E-state index contributed by atoms with van der Waals surface area (Å²) < 4.78 is 5.70. The molecular weight excluding hydrogens is 306 g/mol. The molecule has 0 fully saturated rings. The molecule has 0 aliphatic carbocycles. The number of thioether (sulfide) groups is 1. The van der Waals surface area contributed by atoms with Gasteiger partial charge in [0.25, 0.3) is 5.91 Å². The van der Waals surface area contributed by atoms with Crippen molar-refractivity contribution in [3.8, 4) is 5.75 Å². The zero-order valence-corrected chi connectivity index (χ0v) is 14.7. The maximum absolute atomic E-state index is 12.2. The van der Waals surface area contributed by atoms with Crippen molar-refractivity contribution in [2.45, 2.75) is 37.5 Å². The molecule has 0 heterocycles. The molecule has 3 nitrogen and oxygen atoms in total. The van der Waals surface area contributed by atoms with Crippen LogP contribution in [-0.2, 0) is 5.75 Å². The van der Waals surface area contributed by atoms with Gasteiger partial charge in [-0.05, 0) is 51.1 Å². The highest BCUT2D eigenvalue weighted by Gasteiger charge is 2.11. The van der Waals surface area contributed by atoms with Crippen LogP contribution in [0.2, 0.25) is 0 Å². The molecule has 0 spiro atoms. The summed E-state index contributed by atoms with van der Waals surface area (Å²) >= 11 is 1.74. The van der Waals surface area contributed by atoms with Gasteiger partial charge < -0.3 is 10.1 Å². The molecule has 1 N–H and O–H groups in total. The van der Waals surface area contributed by atoms with Crippen LogP contribution in [0, 0.1) is 0 Å². The number of hydrogen-bond donors (Lipinski definition) is 1. The first-order chi connectivity index (χ1) is 11.1. The average molecular weight is 329 g/mol. The van der Waals surface area contributed by atoms with Crippen molar-refractivity contribution in [3.05, 3.63) is 59.7 Å². The van der Waals surface area contributed by atoms with Gasteiger partial charge in [0.1, 0.15) is 5.75 Å². The Bertz CT molecular complexity index is 641. The summed E-state index contributed by atoms with van der Waals surface area (Å²) in [5.41, 5.74) is 1.71. The number of amides is 1. The number of benzene rings is 2. The van der Waals surface area contributed by atoms with Crippen LogP contribution in [0.3, 0.4) is 0 Å². The zero-order chi connectivity index (χ0) is 16.7. The van der Waals surface area contributed by atoms with E-state index >= 15 is 0 Å². The van der Waals surface area contributed by atoms with Crippen molar-refractivity contribution >= 4 is 17.7 Å². The lowest BCUT2D eigenvalue weighted by Gasteiger charge is -2.13. The Kier molecular flexibility index (Phi) is 6.53. The minimum Gasteiger partial charge on any atom is -0.494 e. The molecule has 0 atom stereocenters. The molecule has 0 unspecified atom stereocenters. The maximum Gasteiger partial charge on any atom is 0.251 e. The number of carbonyl (C=O) groups excluding carboxylic acids is 1. The standard InChI is InChI=1S/C19H23NO2S/c1-4-22-18-11-10-15(19(21)20-14(2)3)12-16(18)13-23-17-8-6-5-7-9-17/h5-12,14H,4,13H2,1-3H3,(H,20,21). The third-order valence-electron chi connectivity index (χ3n) is 3.18. The van der Waals surface area contributed by atoms with Gasteiger partial charge in [0.2, 0.25) is 0 Å². The smallest absolute Gasteiger partial charge is 0.251 e. The van der Waals surface area contributed by atoms with Crippen LogP contribution in [0.5, 0.6) is 5.75 Å². The monoisotopic (exact) mass is 329 g/mol. The lowest BCUT2D eigenvalue weighted by molar-refractivity contribution is 0.0943. The minimum absolute atomic E-state index is 0.0472. The first kappa shape index (κ1) is 17.4. The molecule has 2 aromatic rings. The molecule has 1 amide bonds. The Morgan fingerprint density at radius 1 is 1.17 bits per heavy atom. The van der Waals surface area contributed by atoms with Crippen LogP contribution < -0.4 is 10.1 Å². The van der Waals surface area contributed by atoms with Crippen LogP contribution in [0.4, 0.5) is 0 Å². The molecule has 2 aromatic carbocycles. The lowest BCUT2D eigenvalue weighted by atomic mass is 10.1. The highest BCUT2D eigenvalue weighted by atomic mass is 32.2. The fraction of sp³-hybridized carbons (Fsp3) is 0.316. The fourth-order valence-electron chi connectivity index (χ4n) is 2.15. The molecule has 0 radical (unpaired) electrons. The van der Waals surface area contributed by atoms with Gasteiger partial charge in [-0.1, -0.05) is 18.2 Å². The van der Waals surface area contributed by atoms with Gasteiger partial charge in [-0.2, -0.15) is 0 Å². The van der Waals surface area contributed by atoms with E-state index in [-0.39, 0.29) is 11.9 Å². The SMILES string of the molecule is CCOc1ccc(C(=O)NC(C)C)cc1CSc1ccccc1. The van der Waals surface area contributed by atoms with Gasteiger partial charge in [-0.15, -0.1) is 11.8 Å². The molecule has 23 heavy (non-hydrogen) atoms. The van der Waals surface area contributed by atoms with Crippen molar-refractivity contribution in [1.82, 2.24) is 5.32 Å². The second-order valence-corrected chi connectivity index (χ2v) is 6.53. The second kappa shape index (κ2) is 8.63. The van der Waals surface area contributed by atoms with Gasteiger partial charge in [0, 0.05) is 27.8 Å². The summed E-state index contributed by atoms with van der Waals surface area (Å²) in [6.07, 6.45) is 0. The van der Waals surface area contributed by atoms with E-state index in [4.69, 9.17) is 4.74 Å². The molecule has 0 saturated heterocycles. The topological polar surface area (TPSA) is 38.3 Å². The van der Waals surface area contributed by atoms with Crippen molar-refractivity contribution in [2.75, 3.05) is 6.61 Å². The van der Waals surface area contributed by atoms with Crippen LogP contribution in [0.15, 0.2) is 53.4 Å². The number of carbonyl (C=O) groups is 1. The number of ether oxygens (including phenoxy) is 1. The quantitative estimate of drug-likeness (QED) is 0.759. The lowest BCUT2D eigenvalue weighted by Crippen LogP contribution is -2.30. The molecule has 0 saturated carbocycles. The van der Waals surface area contributed by atoms with E-state index in [2.05, 4.69) is 17.4 Å². The van der Waals surface area contributed by atoms with Gasteiger partial charge in [-0.25, -0.2) is 0 Å². The molecule has 122 valence electrons. The Balaban J connectivity index is 2.18. The zero-order valence-electron chi connectivity index (χ0n) is 13.8. The normalized spacial score (nSPS) is 10.6. The molecule has 0 aliphatic rings. The van der Waals surface area contributed by atoms with Crippen molar-refractivity contribution in [3.63, 3.8) is 0 Å². The van der Waals surface area contributed by atoms with Crippen molar-refractivity contribution < 1.29 is 9.53 Å². The summed E-state index contributed by atoms with van der Waals surface area (Å²) in [4.78, 5) is 13.4. The molecule has 0 aliphatic heterocycles. The molecular formula is C19H23NO2S. The van der Waals surface area contributed by atoms with Gasteiger partial charge in [-0.3, -0.25) is 4.79 Å². The van der Waals surface area contributed by atoms with E-state index in [0.717, 1.165) is 17.1 Å². The third-order valence-corrected chi connectivity index (χ3v) is 4.24. The maximum atomic E-state index is 12.2. The molecule has 0 aromatic heterocycles. The third kappa shape index (κ3) is 5.32. The first-order valence-electron chi connectivity index (χ1n) is 7.84. The number of nitrogens with one attached hydrogen (secondary N) is 1. The highest BCUT2D eigenvalue weighted by Crippen LogP contribution is 2.29. The van der Waals surface area contributed by atoms with Crippen LogP contribution in [0.1, 0.15) is 36.7 Å². The summed E-state index contributed by atoms with van der Waals surface area (Å²) in [5, 5.41) is 2.92. The largest absolute Gasteiger partial charge is 0.494 e. The number of hydrogen-bond acceptors (Lipinski definition) is 3. The number of rotatable bonds is 7. The predicted octanol–water partition coefficient (Wildman–Crippen LogP) is 4.52. The van der Waals surface area contributed by atoms with E-state index in [0.29, 0.717) is 12.2 Å². The Morgan fingerprint density at radius 2 is 1.91 bits per heavy atom. The van der Waals surface area contributed by atoms with Crippen molar-refractivity contribution in [2.24, 2.45) is 0 Å².